The number of aromatic nitrogens is 1. The fraction of sp³-hybridized carbons (Fsp3) is 0.182. The van der Waals surface area contributed by atoms with Gasteiger partial charge in [0.25, 0.3) is 11.9 Å². The number of halogens is 1. The zero-order valence-corrected chi connectivity index (χ0v) is 15.1. The maximum atomic E-state index is 14.1. The van der Waals surface area contributed by atoms with Gasteiger partial charge in [0.15, 0.2) is 5.75 Å². The van der Waals surface area contributed by atoms with Crippen molar-refractivity contribution in [1.82, 2.24) is 4.98 Å². The van der Waals surface area contributed by atoms with Crippen LogP contribution in [0.5, 0.6) is 5.75 Å². The van der Waals surface area contributed by atoms with Crippen molar-refractivity contribution in [3.8, 4) is 5.75 Å². The second kappa shape index (κ2) is 8.94. The van der Waals surface area contributed by atoms with Gasteiger partial charge in [-0.1, -0.05) is 30.4 Å². The van der Waals surface area contributed by atoms with Crippen LogP contribution >= 0.6 is 0 Å². The maximum absolute atomic E-state index is 14.1. The summed E-state index contributed by atoms with van der Waals surface area (Å²) >= 11 is 0. The number of nitrogens with one attached hydrogen (secondary N) is 1. The second-order valence-corrected chi connectivity index (χ2v) is 6.06. The molecule has 0 radical (unpaired) electrons. The Morgan fingerprint density at radius 1 is 1.19 bits per heavy atom. The van der Waals surface area contributed by atoms with Crippen molar-refractivity contribution >= 4 is 22.5 Å². The van der Waals surface area contributed by atoms with Crippen molar-refractivity contribution in [3.05, 3.63) is 78.3 Å². The first-order valence-electron chi connectivity index (χ1n) is 8.88. The van der Waals surface area contributed by atoms with Gasteiger partial charge in [-0.05, 0) is 56.2 Å². The van der Waals surface area contributed by atoms with Crippen LogP contribution in [0.4, 0.5) is 10.1 Å². The second-order valence-electron chi connectivity index (χ2n) is 6.06. The van der Waals surface area contributed by atoms with Crippen LogP contribution in [-0.4, -0.2) is 17.5 Å². The van der Waals surface area contributed by atoms with E-state index in [1.165, 1.54) is 0 Å². The SMILES string of the molecule is C/C=C/CCCOc1cc2cc(C(=O)Nc3ccccc3)ccc2nc1F. The van der Waals surface area contributed by atoms with E-state index >= 15 is 0 Å². The minimum atomic E-state index is -0.643. The predicted molar refractivity (Wildman–Crippen MR) is 106 cm³/mol. The molecule has 3 rings (SSSR count). The lowest BCUT2D eigenvalue weighted by Crippen LogP contribution is -2.11. The molecule has 1 N–H and O–H groups in total. The lowest BCUT2D eigenvalue weighted by Gasteiger charge is -2.09. The summed E-state index contributed by atoms with van der Waals surface area (Å²) in [5, 5.41) is 3.48. The quantitative estimate of drug-likeness (QED) is 0.349. The average Bonchev–Trinajstić information content (AvgIpc) is 2.68. The molecule has 1 amide bonds. The molecule has 0 unspecified atom stereocenters. The monoisotopic (exact) mass is 364 g/mol. The molecule has 138 valence electrons. The molecule has 0 aliphatic rings. The van der Waals surface area contributed by atoms with Crippen molar-refractivity contribution < 1.29 is 13.9 Å². The van der Waals surface area contributed by atoms with Crippen LogP contribution in [0.1, 0.15) is 30.1 Å². The highest BCUT2D eigenvalue weighted by atomic mass is 19.1. The molecule has 1 heterocycles. The van der Waals surface area contributed by atoms with Gasteiger partial charge in [0.2, 0.25) is 0 Å². The molecule has 0 aliphatic heterocycles. The third-order valence-electron chi connectivity index (χ3n) is 4.04. The number of nitrogens with zero attached hydrogens (tertiary/aromatic N) is 1. The Labute approximate surface area is 157 Å². The number of carbonyl (C=O) groups is 1. The minimum Gasteiger partial charge on any atom is -0.489 e. The predicted octanol–water partition coefficient (Wildman–Crippen LogP) is 5.36. The van der Waals surface area contributed by atoms with Crippen LogP contribution < -0.4 is 10.1 Å². The average molecular weight is 364 g/mol. The standard InChI is InChI=1S/C22H21FN2O2/c1-2-3-4-8-13-27-20-15-17-14-16(11-12-19(17)25-21(20)23)22(26)24-18-9-6-5-7-10-18/h2-3,5-7,9-12,14-15H,4,8,13H2,1H3,(H,24,26)/b3-2+. The molecule has 0 saturated heterocycles. The van der Waals surface area contributed by atoms with E-state index in [9.17, 15) is 9.18 Å². The first-order chi connectivity index (χ1) is 13.2. The topological polar surface area (TPSA) is 51.2 Å². The highest BCUT2D eigenvalue weighted by molar-refractivity contribution is 6.06. The van der Waals surface area contributed by atoms with Crippen molar-refractivity contribution in [1.29, 1.82) is 0 Å². The van der Waals surface area contributed by atoms with E-state index in [0.717, 1.165) is 12.8 Å². The summed E-state index contributed by atoms with van der Waals surface area (Å²) in [7, 11) is 0. The number of para-hydroxylation sites is 1. The normalized spacial score (nSPS) is 11.0. The number of rotatable bonds is 7. The van der Waals surface area contributed by atoms with Gasteiger partial charge in [0.1, 0.15) is 0 Å². The molecule has 1 aromatic heterocycles. The van der Waals surface area contributed by atoms with Crippen molar-refractivity contribution in [2.45, 2.75) is 19.8 Å². The molecular weight excluding hydrogens is 343 g/mol. The van der Waals surface area contributed by atoms with Gasteiger partial charge in [-0.3, -0.25) is 4.79 Å². The summed E-state index contributed by atoms with van der Waals surface area (Å²) in [6.45, 7) is 2.36. The fourth-order valence-corrected chi connectivity index (χ4v) is 2.65. The Hall–Kier alpha value is -3.21. The number of fused-ring (bicyclic) bond motifs is 1. The molecule has 2 aromatic carbocycles. The van der Waals surface area contributed by atoms with E-state index in [-0.39, 0.29) is 11.7 Å². The highest BCUT2D eigenvalue weighted by Gasteiger charge is 2.11. The molecule has 27 heavy (non-hydrogen) atoms. The molecule has 0 fully saturated rings. The molecule has 4 nitrogen and oxygen atoms in total. The fourth-order valence-electron chi connectivity index (χ4n) is 2.65. The van der Waals surface area contributed by atoms with Crippen LogP contribution in [0.2, 0.25) is 0 Å². The number of pyridine rings is 1. The van der Waals surface area contributed by atoms with Crippen molar-refractivity contribution in [2.75, 3.05) is 11.9 Å². The molecule has 0 spiro atoms. The lowest BCUT2D eigenvalue weighted by molar-refractivity contribution is 0.102. The zero-order valence-electron chi connectivity index (χ0n) is 15.1. The van der Waals surface area contributed by atoms with Gasteiger partial charge < -0.3 is 10.1 Å². The molecule has 5 heteroatoms. The lowest BCUT2D eigenvalue weighted by atomic mass is 10.1. The first-order valence-corrected chi connectivity index (χ1v) is 8.88. The Bertz CT molecular complexity index is 955. The van der Waals surface area contributed by atoms with E-state index in [1.807, 2.05) is 49.4 Å². The number of ether oxygens (including phenoxy) is 1. The number of amides is 1. The van der Waals surface area contributed by atoms with E-state index in [2.05, 4.69) is 10.3 Å². The van der Waals surface area contributed by atoms with Crippen LogP contribution in [0.25, 0.3) is 10.9 Å². The Morgan fingerprint density at radius 3 is 2.78 bits per heavy atom. The Balaban J connectivity index is 1.76. The number of hydrogen-bond donors (Lipinski definition) is 1. The van der Waals surface area contributed by atoms with Gasteiger partial charge >= 0.3 is 0 Å². The van der Waals surface area contributed by atoms with Crippen LogP contribution in [-0.2, 0) is 0 Å². The summed E-state index contributed by atoms with van der Waals surface area (Å²) in [5.74, 6) is -0.778. The van der Waals surface area contributed by atoms with E-state index in [4.69, 9.17) is 4.74 Å². The largest absolute Gasteiger partial charge is 0.489 e. The van der Waals surface area contributed by atoms with E-state index in [0.29, 0.717) is 28.8 Å². The van der Waals surface area contributed by atoms with Crippen LogP contribution in [0.15, 0.2) is 66.7 Å². The number of carbonyl (C=O) groups excluding carboxylic acids is 1. The zero-order chi connectivity index (χ0) is 19.1. The van der Waals surface area contributed by atoms with E-state index < -0.39 is 5.95 Å². The number of hydrogen-bond acceptors (Lipinski definition) is 3. The molecule has 0 bridgehead atoms. The molecule has 0 aliphatic carbocycles. The van der Waals surface area contributed by atoms with Gasteiger partial charge in [0.05, 0.1) is 12.1 Å². The molecular formula is C22H21FN2O2. The third kappa shape index (κ3) is 4.91. The number of unbranched alkanes of at least 4 members (excludes halogenated alkanes) is 1. The van der Waals surface area contributed by atoms with E-state index in [1.54, 1.807) is 24.3 Å². The van der Waals surface area contributed by atoms with Crippen LogP contribution in [0.3, 0.4) is 0 Å². The van der Waals surface area contributed by atoms with Crippen LogP contribution in [0, 0.1) is 5.95 Å². The first kappa shape index (κ1) is 18.6. The number of benzene rings is 2. The van der Waals surface area contributed by atoms with Gasteiger partial charge in [-0.25, -0.2) is 4.98 Å². The van der Waals surface area contributed by atoms with Gasteiger partial charge in [-0.15, -0.1) is 0 Å². The van der Waals surface area contributed by atoms with Gasteiger partial charge in [0, 0.05) is 16.6 Å². The third-order valence-corrected chi connectivity index (χ3v) is 4.04. The Kier molecular flexibility index (Phi) is 6.15. The highest BCUT2D eigenvalue weighted by Crippen LogP contribution is 2.24. The summed E-state index contributed by atoms with van der Waals surface area (Å²) in [6, 6.07) is 15.8. The molecule has 3 aromatic rings. The molecule has 0 saturated carbocycles. The van der Waals surface area contributed by atoms with Gasteiger partial charge in [-0.2, -0.15) is 4.39 Å². The maximum Gasteiger partial charge on any atom is 0.255 e. The summed E-state index contributed by atoms with van der Waals surface area (Å²) in [5.41, 5.74) is 1.66. The molecule has 0 atom stereocenters. The van der Waals surface area contributed by atoms with Crippen molar-refractivity contribution in [2.24, 2.45) is 0 Å². The minimum absolute atomic E-state index is 0.101. The van der Waals surface area contributed by atoms with Crippen molar-refractivity contribution in [3.63, 3.8) is 0 Å². The smallest absolute Gasteiger partial charge is 0.255 e. The Morgan fingerprint density at radius 2 is 2.00 bits per heavy atom. The summed E-state index contributed by atoms with van der Waals surface area (Å²) in [4.78, 5) is 16.4. The summed E-state index contributed by atoms with van der Waals surface area (Å²) < 4.78 is 19.6. The number of anilines is 1. The number of allylic oxidation sites excluding steroid dienone is 2. The summed E-state index contributed by atoms with van der Waals surface area (Å²) in [6.07, 6.45) is 5.68.